The van der Waals surface area contributed by atoms with E-state index in [0.717, 1.165) is 0 Å². The Balaban J connectivity index is 2.45. The van der Waals surface area contributed by atoms with Crippen molar-refractivity contribution >= 4 is 26.2 Å². The van der Waals surface area contributed by atoms with Gasteiger partial charge in [-0.3, -0.25) is 10.2 Å². The third kappa shape index (κ3) is 4.74. The van der Waals surface area contributed by atoms with Gasteiger partial charge in [0.2, 0.25) is 5.40 Å². The van der Waals surface area contributed by atoms with Crippen LogP contribution in [0.3, 0.4) is 0 Å². The van der Waals surface area contributed by atoms with Gasteiger partial charge in [0.05, 0.1) is 38.0 Å². The standard InChI is InChI=1S/C28H48N2P2/c1-16-18(3)22(7)27(23(8)19(16)4)29-31(12,13)26(11)32(14,15)30-28-24(9)20(5)17(2)21(6)25(28)10/h26,29-30H,1-15H3/q+2. The predicted molar refractivity (Wildman–Crippen MR) is 154 cm³/mol. The maximum atomic E-state index is 4.12. The first-order valence-corrected chi connectivity index (χ1v) is 17.3. The van der Waals surface area contributed by atoms with Crippen LogP contribution in [0.1, 0.15) is 62.6 Å². The summed E-state index contributed by atoms with van der Waals surface area (Å²) in [5.74, 6) is 0. The molecular formula is C28H48N2P2+2. The van der Waals surface area contributed by atoms with E-state index < -0.39 is 14.8 Å². The van der Waals surface area contributed by atoms with Gasteiger partial charge < -0.3 is 0 Å². The lowest BCUT2D eigenvalue weighted by Crippen LogP contribution is -2.23. The van der Waals surface area contributed by atoms with Crippen LogP contribution in [0.15, 0.2) is 0 Å². The second-order valence-corrected chi connectivity index (χ2v) is 19.5. The quantitative estimate of drug-likeness (QED) is 0.408. The van der Waals surface area contributed by atoms with E-state index in [1.54, 1.807) is 0 Å². The molecule has 0 aliphatic carbocycles. The lowest BCUT2D eigenvalue weighted by Gasteiger charge is -2.35. The maximum Gasteiger partial charge on any atom is 0.204 e. The fourth-order valence-corrected chi connectivity index (χ4v) is 13.1. The Morgan fingerprint density at radius 1 is 0.406 bits per heavy atom. The van der Waals surface area contributed by atoms with Crippen molar-refractivity contribution in [2.24, 2.45) is 0 Å². The molecule has 0 aromatic heterocycles. The van der Waals surface area contributed by atoms with Crippen molar-refractivity contribution in [2.75, 3.05) is 36.8 Å². The van der Waals surface area contributed by atoms with Crippen LogP contribution in [0.25, 0.3) is 0 Å². The molecule has 0 saturated carbocycles. The van der Waals surface area contributed by atoms with Gasteiger partial charge in [0.15, 0.2) is 0 Å². The van der Waals surface area contributed by atoms with Crippen molar-refractivity contribution in [3.8, 4) is 0 Å². The minimum absolute atomic E-state index is 0.580. The summed E-state index contributed by atoms with van der Waals surface area (Å²) < 4.78 is 0. The summed E-state index contributed by atoms with van der Waals surface area (Å²) in [5.41, 5.74) is 16.9. The lowest BCUT2D eigenvalue weighted by molar-refractivity contribution is 1.17. The highest BCUT2D eigenvalue weighted by Gasteiger charge is 2.50. The topological polar surface area (TPSA) is 24.1 Å². The molecule has 2 N–H and O–H groups in total. The largest absolute Gasteiger partial charge is 0.257 e. The van der Waals surface area contributed by atoms with E-state index >= 15 is 0 Å². The molecule has 0 aliphatic rings. The highest BCUT2D eigenvalue weighted by atomic mass is 31.2. The van der Waals surface area contributed by atoms with E-state index in [4.69, 9.17) is 0 Å². The molecule has 2 rings (SSSR count). The molecule has 4 heteroatoms. The van der Waals surface area contributed by atoms with Gasteiger partial charge in [0, 0.05) is 6.92 Å². The molecule has 0 aliphatic heterocycles. The van der Waals surface area contributed by atoms with Crippen molar-refractivity contribution in [3.05, 3.63) is 55.6 Å². The van der Waals surface area contributed by atoms with Crippen molar-refractivity contribution < 1.29 is 0 Å². The number of hydrogen-bond acceptors (Lipinski definition) is 2. The summed E-state index contributed by atoms with van der Waals surface area (Å²) in [4.78, 5) is 0. The minimum Gasteiger partial charge on any atom is -0.257 e. The van der Waals surface area contributed by atoms with E-state index in [1.165, 1.54) is 67.0 Å². The molecule has 2 aromatic rings. The molecule has 0 saturated heterocycles. The van der Waals surface area contributed by atoms with Gasteiger partial charge in [-0.1, -0.05) is 0 Å². The molecule has 0 amide bonds. The molecule has 0 spiro atoms. The zero-order chi connectivity index (χ0) is 24.9. The van der Waals surface area contributed by atoms with Crippen molar-refractivity contribution in [3.63, 3.8) is 0 Å². The van der Waals surface area contributed by atoms with Gasteiger partial charge in [-0.2, -0.15) is 0 Å². The first-order valence-electron chi connectivity index (χ1n) is 11.8. The second-order valence-electron chi connectivity index (χ2n) is 10.9. The Bertz CT molecular complexity index is 907. The molecule has 0 radical (unpaired) electrons. The fourth-order valence-electron chi connectivity index (χ4n) is 4.82. The van der Waals surface area contributed by atoms with Crippen molar-refractivity contribution in [2.45, 2.75) is 81.6 Å². The van der Waals surface area contributed by atoms with Gasteiger partial charge in [-0.05, 0) is 125 Å². The van der Waals surface area contributed by atoms with Crippen LogP contribution in [-0.2, 0) is 0 Å². The molecule has 0 fully saturated rings. The predicted octanol–water partition coefficient (Wildman–Crippen LogP) is 9.03. The molecule has 2 nitrogen and oxygen atoms in total. The fraction of sp³-hybridized carbons (Fsp3) is 0.571. The smallest absolute Gasteiger partial charge is 0.204 e. The van der Waals surface area contributed by atoms with Crippen LogP contribution in [0, 0.1) is 69.2 Å². The van der Waals surface area contributed by atoms with Crippen LogP contribution >= 0.6 is 14.8 Å². The van der Waals surface area contributed by atoms with Crippen LogP contribution in [0.5, 0.6) is 0 Å². The monoisotopic (exact) mass is 474 g/mol. The summed E-state index contributed by atoms with van der Waals surface area (Å²) >= 11 is 0. The SMILES string of the molecule is Cc1c(C)c(C)c(N[P+](C)(C)C(C)[P+](C)(C)Nc2c(C)c(C)c(C)c(C)c2C)c(C)c1C. The maximum absolute atomic E-state index is 4.12. The van der Waals surface area contributed by atoms with Crippen LogP contribution in [0.2, 0.25) is 0 Å². The number of hydrogen-bond donors (Lipinski definition) is 2. The molecule has 0 atom stereocenters. The molecule has 0 unspecified atom stereocenters. The average Bonchev–Trinajstić information content (AvgIpc) is 2.73. The van der Waals surface area contributed by atoms with E-state index in [0.29, 0.717) is 5.40 Å². The van der Waals surface area contributed by atoms with Gasteiger partial charge in [-0.15, -0.1) is 0 Å². The third-order valence-electron chi connectivity index (χ3n) is 8.67. The molecule has 0 heterocycles. The zero-order valence-corrected chi connectivity index (χ0v) is 25.3. The first-order chi connectivity index (χ1) is 14.5. The van der Waals surface area contributed by atoms with Gasteiger partial charge >= 0.3 is 0 Å². The number of nitrogens with one attached hydrogen (secondary N) is 2. The summed E-state index contributed by atoms with van der Waals surface area (Å²) in [5, 5.41) is 8.81. The van der Waals surface area contributed by atoms with Gasteiger partial charge in [0.1, 0.15) is 14.8 Å². The second kappa shape index (κ2) is 9.27. The van der Waals surface area contributed by atoms with E-state index in [1.807, 2.05) is 0 Å². The Hall–Kier alpha value is -1.10. The average molecular weight is 475 g/mol. The zero-order valence-electron chi connectivity index (χ0n) is 23.5. The minimum atomic E-state index is -1.45. The first kappa shape index (κ1) is 27.1. The van der Waals surface area contributed by atoms with Gasteiger partial charge in [-0.25, -0.2) is 0 Å². The number of anilines is 2. The summed E-state index contributed by atoms with van der Waals surface area (Å²) in [6.07, 6.45) is 0. The Kier molecular flexibility index (Phi) is 7.87. The molecule has 2 aromatic carbocycles. The number of benzene rings is 2. The molecule has 178 valence electrons. The van der Waals surface area contributed by atoms with E-state index in [9.17, 15) is 0 Å². The van der Waals surface area contributed by atoms with Crippen molar-refractivity contribution in [1.29, 1.82) is 0 Å². The molecule has 0 bridgehead atoms. The highest BCUT2D eigenvalue weighted by molar-refractivity contribution is 7.93. The number of rotatable bonds is 6. The van der Waals surface area contributed by atoms with Crippen molar-refractivity contribution in [1.82, 2.24) is 0 Å². The van der Waals surface area contributed by atoms with E-state index in [-0.39, 0.29) is 0 Å². The van der Waals surface area contributed by atoms with Crippen LogP contribution in [-0.4, -0.2) is 32.1 Å². The van der Waals surface area contributed by atoms with E-state index in [2.05, 4.69) is 113 Å². The van der Waals surface area contributed by atoms with Crippen LogP contribution in [0.4, 0.5) is 11.4 Å². The molecule has 32 heavy (non-hydrogen) atoms. The Labute approximate surface area is 200 Å². The normalized spacial score (nSPS) is 12.5. The summed E-state index contributed by atoms with van der Waals surface area (Å²) in [6, 6.07) is 0. The highest BCUT2D eigenvalue weighted by Crippen LogP contribution is 2.73. The Morgan fingerprint density at radius 3 is 0.812 bits per heavy atom. The summed E-state index contributed by atoms with van der Waals surface area (Å²) in [6.45, 7) is 35.1. The Morgan fingerprint density at radius 2 is 0.594 bits per heavy atom. The van der Waals surface area contributed by atoms with Crippen LogP contribution < -0.4 is 10.2 Å². The lowest BCUT2D eigenvalue weighted by atomic mass is 9.93. The van der Waals surface area contributed by atoms with Gasteiger partial charge in [0.25, 0.3) is 0 Å². The third-order valence-corrected chi connectivity index (χ3v) is 17.5. The molecular weight excluding hydrogens is 426 g/mol. The summed E-state index contributed by atoms with van der Waals surface area (Å²) in [7, 11) is -2.90.